The fraction of sp³-hybridized carbons (Fsp3) is 0.650. The highest BCUT2D eigenvalue weighted by Gasteiger charge is 2.25. The average molecular weight is 385 g/mol. The molecular weight excluding hydrogens is 352 g/mol. The third-order valence-corrected chi connectivity index (χ3v) is 6.07. The van der Waals surface area contributed by atoms with Crippen molar-refractivity contribution in [1.29, 1.82) is 0 Å². The van der Waals surface area contributed by atoms with Crippen LogP contribution in [0.4, 0.5) is 11.9 Å². The molecule has 0 unspecified atom stereocenters. The van der Waals surface area contributed by atoms with Gasteiger partial charge in [0.25, 0.3) is 0 Å². The summed E-state index contributed by atoms with van der Waals surface area (Å²) in [6.07, 6.45) is 10.8. The molecule has 0 bridgehead atoms. The molecule has 2 saturated heterocycles. The highest BCUT2D eigenvalue weighted by Crippen LogP contribution is 2.21. The number of anilines is 2. The van der Waals surface area contributed by atoms with Crippen LogP contribution in [0.5, 0.6) is 0 Å². The van der Waals surface area contributed by atoms with Gasteiger partial charge in [-0.1, -0.05) is 6.42 Å². The summed E-state index contributed by atoms with van der Waals surface area (Å²) in [5.41, 5.74) is 13.3. The van der Waals surface area contributed by atoms with Gasteiger partial charge < -0.3 is 21.3 Å². The fourth-order valence-corrected chi connectivity index (χ4v) is 4.50. The quantitative estimate of drug-likeness (QED) is 0.781. The average Bonchev–Trinajstić information content (AvgIpc) is 3.08. The smallest absolute Gasteiger partial charge is 0.241 e. The zero-order valence-corrected chi connectivity index (χ0v) is 16.6. The van der Waals surface area contributed by atoms with E-state index in [1.807, 2.05) is 12.1 Å². The fourth-order valence-electron chi connectivity index (χ4n) is 4.50. The summed E-state index contributed by atoms with van der Waals surface area (Å²) >= 11 is 0. The Balaban J connectivity index is 1.20. The molecule has 8 nitrogen and oxygen atoms in total. The molecule has 0 spiro atoms. The number of piperidine rings is 2. The highest BCUT2D eigenvalue weighted by atomic mass is 15.4. The van der Waals surface area contributed by atoms with Crippen molar-refractivity contribution in [2.24, 2.45) is 0 Å². The predicted octanol–water partition coefficient (Wildman–Crippen LogP) is 1.71. The van der Waals surface area contributed by atoms with E-state index in [2.05, 4.69) is 24.9 Å². The van der Waals surface area contributed by atoms with Crippen molar-refractivity contribution < 1.29 is 0 Å². The third kappa shape index (κ3) is 4.62. The van der Waals surface area contributed by atoms with Crippen molar-refractivity contribution in [2.75, 3.05) is 44.2 Å². The number of aryl methyl sites for hydroxylation is 1. The molecule has 4 heterocycles. The lowest BCUT2D eigenvalue weighted by atomic mass is 9.99. The lowest BCUT2D eigenvalue weighted by Crippen LogP contribution is -2.46. The second-order valence-corrected chi connectivity index (χ2v) is 8.02. The first-order valence-electron chi connectivity index (χ1n) is 10.6. The first-order chi connectivity index (χ1) is 13.7. The summed E-state index contributed by atoms with van der Waals surface area (Å²) in [5.74, 6) is 0.450. The van der Waals surface area contributed by atoms with Crippen LogP contribution in [0.1, 0.15) is 44.2 Å². The van der Waals surface area contributed by atoms with Gasteiger partial charge in [-0.3, -0.25) is 4.98 Å². The molecule has 28 heavy (non-hydrogen) atoms. The number of hydrogen-bond acceptors (Lipinski definition) is 7. The summed E-state index contributed by atoms with van der Waals surface area (Å²) in [4.78, 5) is 13.8. The van der Waals surface area contributed by atoms with Crippen LogP contribution in [0.2, 0.25) is 0 Å². The van der Waals surface area contributed by atoms with Gasteiger partial charge in [-0.25, -0.2) is 0 Å². The van der Waals surface area contributed by atoms with Crippen LogP contribution in [0.25, 0.3) is 5.69 Å². The van der Waals surface area contributed by atoms with E-state index in [-0.39, 0.29) is 11.9 Å². The molecule has 4 N–H and O–H groups in total. The zero-order valence-electron chi connectivity index (χ0n) is 16.6. The molecule has 0 atom stereocenters. The monoisotopic (exact) mass is 384 g/mol. The van der Waals surface area contributed by atoms with E-state index in [0.717, 1.165) is 36.8 Å². The predicted molar refractivity (Wildman–Crippen MR) is 111 cm³/mol. The number of pyridine rings is 1. The topological polar surface area (TPSA) is 102 Å². The highest BCUT2D eigenvalue weighted by molar-refractivity contribution is 5.39. The third-order valence-electron chi connectivity index (χ3n) is 6.07. The molecule has 0 aromatic carbocycles. The second kappa shape index (κ2) is 8.87. The molecule has 0 amide bonds. The van der Waals surface area contributed by atoms with Crippen LogP contribution in [0.3, 0.4) is 0 Å². The Morgan fingerprint density at radius 2 is 1.79 bits per heavy atom. The van der Waals surface area contributed by atoms with Gasteiger partial charge in [0.15, 0.2) is 0 Å². The van der Waals surface area contributed by atoms with Crippen LogP contribution in [0.15, 0.2) is 18.3 Å². The largest absolute Gasteiger partial charge is 0.368 e. The molecule has 0 radical (unpaired) electrons. The van der Waals surface area contributed by atoms with E-state index in [1.54, 1.807) is 6.20 Å². The number of nitrogen functional groups attached to an aromatic ring is 2. The first kappa shape index (κ1) is 19.1. The van der Waals surface area contributed by atoms with Gasteiger partial charge >= 0.3 is 0 Å². The standard InChI is InChI=1S/C20H32N8/c21-19-24-20(22)28(25-19)18-7-6-16(23-15-18)5-4-10-26-13-8-17(9-14-26)27-11-2-1-3-12-27/h6-7,15,17H,1-5,8-14H2,(H4,21,22,24,25). The summed E-state index contributed by atoms with van der Waals surface area (Å²) in [7, 11) is 0. The number of aromatic nitrogens is 4. The molecule has 152 valence electrons. The van der Waals surface area contributed by atoms with Crippen molar-refractivity contribution in [3.05, 3.63) is 24.0 Å². The van der Waals surface area contributed by atoms with Gasteiger partial charge in [-0.2, -0.15) is 9.67 Å². The van der Waals surface area contributed by atoms with Crippen molar-refractivity contribution in [3.8, 4) is 5.69 Å². The lowest BCUT2D eigenvalue weighted by Gasteiger charge is -2.40. The van der Waals surface area contributed by atoms with Crippen molar-refractivity contribution in [2.45, 2.75) is 51.0 Å². The Morgan fingerprint density at radius 3 is 2.43 bits per heavy atom. The van der Waals surface area contributed by atoms with Crippen LogP contribution < -0.4 is 11.5 Å². The first-order valence-corrected chi connectivity index (χ1v) is 10.6. The summed E-state index contributed by atoms with van der Waals surface area (Å²) in [5, 5.41) is 4.08. The molecule has 4 rings (SSSR count). The SMILES string of the molecule is Nc1nc(N)n(-c2ccc(CCCN3CCC(N4CCCCC4)CC3)nc2)n1. The maximum absolute atomic E-state index is 5.80. The molecule has 8 heteroatoms. The maximum Gasteiger partial charge on any atom is 0.241 e. The Labute approximate surface area is 166 Å². The minimum Gasteiger partial charge on any atom is -0.368 e. The van der Waals surface area contributed by atoms with Gasteiger partial charge in [-0.15, -0.1) is 5.10 Å². The van der Waals surface area contributed by atoms with Crippen LogP contribution in [0, 0.1) is 0 Å². The number of hydrogen-bond donors (Lipinski definition) is 2. The number of nitrogens with two attached hydrogens (primary N) is 2. The van der Waals surface area contributed by atoms with E-state index in [0.29, 0.717) is 0 Å². The zero-order chi connectivity index (χ0) is 19.3. The molecule has 0 saturated carbocycles. The Morgan fingerprint density at radius 1 is 1.00 bits per heavy atom. The molecule has 2 fully saturated rings. The van der Waals surface area contributed by atoms with Gasteiger partial charge in [0.05, 0.1) is 11.9 Å². The van der Waals surface area contributed by atoms with Crippen molar-refractivity contribution in [3.63, 3.8) is 0 Å². The number of rotatable bonds is 6. The second-order valence-electron chi connectivity index (χ2n) is 8.02. The normalized spacial score (nSPS) is 19.9. The van der Waals surface area contributed by atoms with Gasteiger partial charge in [0, 0.05) is 11.7 Å². The Kier molecular flexibility index (Phi) is 6.07. The summed E-state index contributed by atoms with van der Waals surface area (Å²) < 4.78 is 1.51. The molecule has 2 aliphatic heterocycles. The summed E-state index contributed by atoms with van der Waals surface area (Å²) in [6.45, 7) is 6.27. The number of likely N-dealkylation sites (tertiary alicyclic amines) is 2. The number of nitrogens with zero attached hydrogens (tertiary/aromatic N) is 6. The molecule has 2 aliphatic rings. The lowest BCUT2D eigenvalue weighted by molar-refractivity contribution is 0.0921. The van der Waals surface area contributed by atoms with E-state index in [9.17, 15) is 0 Å². The van der Waals surface area contributed by atoms with Crippen LogP contribution in [-0.4, -0.2) is 68.3 Å². The van der Waals surface area contributed by atoms with E-state index < -0.39 is 0 Å². The molecule has 2 aromatic rings. The molecular formula is C20H32N8. The Hall–Kier alpha value is -2.19. The van der Waals surface area contributed by atoms with Crippen molar-refractivity contribution in [1.82, 2.24) is 29.5 Å². The van der Waals surface area contributed by atoms with E-state index in [1.165, 1.54) is 63.0 Å². The van der Waals surface area contributed by atoms with E-state index in [4.69, 9.17) is 11.5 Å². The van der Waals surface area contributed by atoms with E-state index >= 15 is 0 Å². The van der Waals surface area contributed by atoms with Gasteiger partial charge in [0.1, 0.15) is 0 Å². The minimum atomic E-state index is 0.172. The molecule has 2 aromatic heterocycles. The van der Waals surface area contributed by atoms with Crippen LogP contribution >= 0.6 is 0 Å². The molecule has 0 aliphatic carbocycles. The van der Waals surface area contributed by atoms with Gasteiger partial charge in [0.2, 0.25) is 11.9 Å². The minimum absolute atomic E-state index is 0.172. The van der Waals surface area contributed by atoms with Crippen molar-refractivity contribution >= 4 is 11.9 Å². The maximum atomic E-state index is 5.80. The van der Waals surface area contributed by atoms with Crippen LogP contribution in [-0.2, 0) is 6.42 Å². The Bertz CT molecular complexity index is 742. The summed E-state index contributed by atoms with van der Waals surface area (Å²) in [6, 6.07) is 4.83. The van der Waals surface area contributed by atoms with Gasteiger partial charge in [-0.05, 0) is 83.4 Å².